The third-order valence-electron chi connectivity index (χ3n) is 6.18. The zero-order valence-corrected chi connectivity index (χ0v) is 21.1. The average molecular weight is 507 g/mol. The summed E-state index contributed by atoms with van der Waals surface area (Å²) in [7, 11) is 0. The molecule has 8 nitrogen and oxygen atoms in total. The zero-order valence-electron chi connectivity index (χ0n) is 21.1. The van der Waals surface area contributed by atoms with E-state index < -0.39 is 11.9 Å². The van der Waals surface area contributed by atoms with Gasteiger partial charge in [-0.05, 0) is 54.8 Å². The van der Waals surface area contributed by atoms with E-state index in [0.717, 1.165) is 11.1 Å². The molecule has 0 bridgehead atoms. The Bertz CT molecular complexity index is 1790. The Kier molecular flexibility index (Phi) is 6.95. The maximum Gasteiger partial charge on any atom is 0.341 e. The molecule has 0 saturated carbocycles. The summed E-state index contributed by atoms with van der Waals surface area (Å²) in [6, 6.07) is 23.7. The Morgan fingerprint density at radius 1 is 0.921 bits per heavy atom. The van der Waals surface area contributed by atoms with Gasteiger partial charge in [0.2, 0.25) is 0 Å². The summed E-state index contributed by atoms with van der Waals surface area (Å²) < 4.78 is 8.36. The fourth-order valence-electron chi connectivity index (χ4n) is 4.39. The largest absolute Gasteiger partial charge is 0.462 e. The molecule has 0 fully saturated rings. The molecule has 2 aromatic carbocycles. The molecule has 0 N–H and O–H groups in total. The van der Waals surface area contributed by atoms with Gasteiger partial charge in [0, 0.05) is 18.3 Å². The van der Waals surface area contributed by atoms with E-state index in [0.29, 0.717) is 29.8 Å². The number of carbonyl (C=O) groups is 2. The van der Waals surface area contributed by atoms with Crippen molar-refractivity contribution in [3.05, 3.63) is 112 Å². The molecule has 0 aliphatic carbocycles. The molecule has 0 unspecified atom stereocenters. The molecule has 0 aliphatic rings. The lowest BCUT2D eigenvalue weighted by Crippen LogP contribution is -2.32. The molecule has 190 valence electrons. The third-order valence-corrected chi connectivity index (χ3v) is 6.18. The zero-order chi connectivity index (χ0) is 26.6. The number of pyridine rings is 2. The topological polar surface area (TPSA) is 95.0 Å². The minimum atomic E-state index is -0.664. The summed E-state index contributed by atoms with van der Waals surface area (Å²) in [6.07, 6.45) is 2.28. The molecule has 5 rings (SSSR count). The average Bonchev–Trinajstić information content (AvgIpc) is 2.95. The second-order valence-electron chi connectivity index (χ2n) is 8.70. The summed E-state index contributed by atoms with van der Waals surface area (Å²) in [6.45, 7) is 4.17. The number of benzene rings is 2. The smallest absolute Gasteiger partial charge is 0.341 e. The highest BCUT2D eigenvalue weighted by molar-refractivity contribution is 5.97. The van der Waals surface area contributed by atoms with E-state index in [4.69, 9.17) is 9.72 Å². The summed E-state index contributed by atoms with van der Waals surface area (Å²) >= 11 is 0. The third kappa shape index (κ3) is 4.64. The number of rotatable bonds is 6. The first-order valence-corrected chi connectivity index (χ1v) is 12.5. The molecule has 5 aromatic rings. The van der Waals surface area contributed by atoms with E-state index in [2.05, 4.69) is 4.99 Å². The van der Waals surface area contributed by atoms with Crippen LogP contribution in [0.4, 0.5) is 0 Å². The number of carbonyl (C=O) groups excluding carboxylic acids is 2. The van der Waals surface area contributed by atoms with Crippen LogP contribution in [0.25, 0.3) is 27.8 Å². The van der Waals surface area contributed by atoms with Gasteiger partial charge in [-0.15, -0.1) is 0 Å². The van der Waals surface area contributed by atoms with Crippen molar-refractivity contribution in [3.63, 3.8) is 0 Å². The van der Waals surface area contributed by atoms with Crippen molar-refractivity contribution in [1.82, 2.24) is 14.0 Å². The molecule has 0 saturated heterocycles. The first-order valence-electron chi connectivity index (χ1n) is 12.5. The van der Waals surface area contributed by atoms with E-state index in [1.54, 1.807) is 48.0 Å². The Morgan fingerprint density at radius 2 is 1.63 bits per heavy atom. The van der Waals surface area contributed by atoms with E-state index in [1.807, 2.05) is 49.4 Å². The van der Waals surface area contributed by atoms with E-state index >= 15 is 0 Å². The Morgan fingerprint density at radius 3 is 2.34 bits per heavy atom. The van der Waals surface area contributed by atoms with Crippen molar-refractivity contribution in [2.75, 3.05) is 6.61 Å². The van der Waals surface area contributed by atoms with Gasteiger partial charge < -0.3 is 9.30 Å². The molecule has 1 amide bonds. The standard InChI is InChI=1S/C30H26N4O4/c1-3-17-34-26-23(29(36)33-18-9-8-12-25(33)31-26)19-24(30(37)38-4-2)27(34)32-28(35)22-15-13-21(14-16-22)20-10-6-5-7-11-20/h5-16,18-19H,3-4,17H2,1-2H3. The Labute approximate surface area is 218 Å². The van der Waals surface area contributed by atoms with Crippen LogP contribution in [0.2, 0.25) is 0 Å². The predicted molar refractivity (Wildman–Crippen MR) is 145 cm³/mol. The number of aryl methyl sites for hydroxylation is 1. The van der Waals surface area contributed by atoms with Crippen molar-refractivity contribution in [1.29, 1.82) is 0 Å². The van der Waals surface area contributed by atoms with Gasteiger partial charge in [0.15, 0.2) is 5.49 Å². The molecular formula is C30H26N4O4. The number of fused-ring (bicyclic) bond motifs is 2. The van der Waals surface area contributed by atoms with Gasteiger partial charge in [0.25, 0.3) is 11.5 Å². The van der Waals surface area contributed by atoms with Crippen LogP contribution in [0.1, 0.15) is 41.0 Å². The molecule has 8 heteroatoms. The normalized spacial score (nSPS) is 11.7. The van der Waals surface area contributed by atoms with Crippen LogP contribution >= 0.6 is 0 Å². The van der Waals surface area contributed by atoms with Crippen LogP contribution < -0.4 is 11.0 Å². The van der Waals surface area contributed by atoms with Crippen molar-refractivity contribution in [3.8, 4) is 11.1 Å². The number of esters is 1. The van der Waals surface area contributed by atoms with Crippen LogP contribution in [0.3, 0.4) is 0 Å². The van der Waals surface area contributed by atoms with E-state index in [-0.39, 0.29) is 28.6 Å². The minimum Gasteiger partial charge on any atom is -0.462 e. The van der Waals surface area contributed by atoms with Gasteiger partial charge in [-0.2, -0.15) is 4.99 Å². The summed E-state index contributed by atoms with van der Waals surface area (Å²) in [5.41, 5.74) is 3.00. The van der Waals surface area contributed by atoms with Crippen LogP contribution in [0, 0.1) is 0 Å². The maximum atomic E-state index is 13.3. The van der Waals surface area contributed by atoms with Crippen LogP contribution in [0.15, 0.2) is 94.8 Å². The first kappa shape index (κ1) is 24.8. The van der Waals surface area contributed by atoms with Crippen LogP contribution in [0.5, 0.6) is 0 Å². The highest BCUT2D eigenvalue weighted by atomic mass is 16.5. The highest BCUT2D eigenvalue weighted by Gasteiger charge is 2.20. The van der Waals surface area contributed by atoms with Gasteiger partial charge in [-0.3, -0.25) is 14.0 Å². The second-order valence-corrected chi connectivity index (χ2v) is 8.70. The molecule has 0 atom stereocenters. The summed E-state index contributed by atoms with van der Waals surface area (Å²) in [4.78, 5) is 48.8. The number of nitrogens with zero attached hydrogens (tertiary/aromatic N) is 4. The van der Waals surface area contributed by atoms with Crippen LogP contribution in [-0.2, 0) is 11.3 Å². The van der Waals surface area contributed by atoms with Gasteiger partial charge in [-0.25, -0.2) is 9.78 Å². The molecule has 0 aliphatic heterocycles. The lowest BCUT2D eigenvalue weighted by Gasteiger charge is -2.14. The lowest BCUT2D eigenvalue weighted by molar-refractivity contribution is 0.0523. The van der Waals surface area contributed by atoms with Crippen molar-refractivity contribution < 1.29 is 14.3 Å². The quantitative estimate of drug-likeness (QED) is 0.247. The van der Waals surface area contributed by atoms with Crippen molar-refractivity contribution in [2.24, 2.45) is 4.99 Å². The fourth-order valence-corrected chi connectivity index (χ4v) is 4.39. The van der Waals surface area contributed by atoms with Crippen molar-refractivity contribution >= 4 is 28.6 Å². The van der Waals surface area contributed by atoms with Crippen molar-refractivity contribution in [2.45, 2.75) is 26.8 Å². The first-order chi connectivity index (χ1) is 18.5. The summed E-state index contributed by atoms with van der Waals surface area (Å²) in [5, 5.41) is 0.240. The van der Waals surface area contributed by atoms with Crippen LogP contribution in [-0.4, -0.2) is 32.4 Å². The number of hydrogen-bond acceptors (Lipinski definition) is 5. The number of amides is 1. The molecule has 38 heavy (non-hydrogen) atoms. The fraction of sp³-hybridized carbons (Fsp3) is 0.167. The number of ether oxygens (including phenoxy) is 1. The summed E-state index contributed by atoms with van der Waals surface area (Å²) in [5.74, 6) is -1.18. The number of aromatic nitrogens is 3. The molecule has 3 heterocycles. The maximum absolute atomic E-state index is 13.3. The SMILES string of the molecule is CCCn1c(=NC(=O)c2ccc(-c3ccccc3)cc2)c(C(=O)OCC)cc2c(=O)n3ccccc3nc21. The second kappa shape index (κ2) is 10.6. The number of hydrogen-bond donors (Lipinski definition) is 0. The Balaban J connectivity index is 1.73. The van der Waals surface area contributed by atoms with E-state index in [1.165, 1.54) is 10.5 Å². The molecule has 0 radical (unpaired) electrons. The molecular weight excluding hydrogens is 480 g/mol. The van der Waals surface area contributed by atoms with Gasteiger partial charge in [0.1, 0.15) is 16.9 Å². The Hall–Kier alpha value is -4.85. The van der Waals surface area contributed by atoms with Gasteiger partial charge in [-0.1, -0.05) is 55.5 Å². The molecule has 0 spiro atoms. The predicted octanol–water partition coefficient (Wildman–Crippen LogP) is 4.64. The lowest BCUT2D eigenvalue weighted by atomic mass is 10.0. The van der Waals surface area contributed by atoms with E-state index in [9.17, 15) is 14.4 Å². The highest BCUT2D eigenvalue weighted by Crippen LogP contribution is 2.19. The molecule has 3 aromatic heterocycles. The monoisotopic (exact) mass is 506 g/mol. The minimum absolute atomic E-state index is 0.0387. The van der Waals surface area contributed by atoms with Gasteiger partial charge in [0.05, 0.1) is 12.0 Å². The van der Waals surface area contributed by atoms with Gasteiger partial charge >= 0.3 is 5.97 Å².